The lowest BCUT2D eigenvalue weighted by atomic mass is 10.2. The molecule has 1 amide bonds. The number of likely N-dealkylation sites (N-methyl/N-ethyl adjacent to an activating group) is 1. The fraction of sp³-hybridized carbons (Fsp3) is 0.474. The molecule has 7 nitrogen and oxygen atoms in total. The second-order valence-corrected chi connectivity index (χ2v) is 9.25. The lowest BCUT2D eigenvalue weighted by Crippen LogP contribution is -2.41. The van der Waals surface area contributed by atoms with E-state index in [0.717, 1.165) is 11.1 Å². The van der Waals surface area contributed by atoms with Crippen molar-refractivity contribution in [2.75, 3.05) is 20.6 Å². The normalized spacial score (nSPS) is 17.6. The van der Waals surface area contributed by atoms with Crippen molar-refractivity contribution >= 4 is 15.9 Å². The van der Waals surface area contributed by atoms with Crippen molar-refractivity contribution in [3.05, 3.63) is 47.0 Å². The van der Waals surface area contributed by atoms with Crippen LogP contribution in [0.4, 0.5) is 0 Å². The number of sulfonamides is 1. The number of rotatable bonds is 4. The molecular formula is C19H26N4O3S. The maximum absolute atomic E-state index is 13.2. The molecule has 3 rings (SSSR count). The van der Waals surface area contributed by atoms with Crippen LogP contribution in [0, 0.1) is 13.8 Å². The lowest BCUT2D eigenvalue weighted by Gasteiger charge is -2.32. The van der Waals surface area contributed by atoms with Crippen molar-refractivity contribution < 1.29 is 13.2 Å². The predicted octanol–water partition coefficient (Wildman–Crippen LogP) is 1.90. The first kappa shape index (κ1) is 19.6. The van der Waals surface area contributed by atoms with E-state index in [1.807, 2.05) is 37.6 Å². The predicted molar refractivity (Wildman–Crippen MR) is 103 cm³/mol. The third-order valence-corrected chi connectivity index (χ3v) is 6.80. The summed E-state index contributed by atoms with van der Waals surface area (Å²) in [6.07, 6.45) is 2.07. The highest BCUT2D eigenvalue weighted by Crippen LogP contribution is 2.31. The van der Waals surface area contributed by atoms with Crippen LogP contribution < -0.4 is 0 Å². The average Bonchev–Trinajstić information content (AvgIpc) is 2.97. The smallest absolute Gasteiger partial charge is 0.243 e. The Kier molecular flexibility index (Phi) is 5.14. The van der Waals surface area contributed by atoms with Crippen molar-refractivity contribution in [3.8, 4) is 0 Å². The molecule has 0 spiro atoms. The molecule has 0 N–H and O–H groups in total. The molecule has 27 heavy (non-hydrogen) atoms. The topological polar surface area (TPSA) is 75.5 Å². The summed E-state index contributed by atoms with van der Waals surface area (Å²) in [6.45, 7) is 6.53. The third kappa shape index (κ3) is 3.77. The van der Waals surface area contributed by atoms with Gasteiger partial charge in [-0.1, -0.05) is 6.07 Å². The molecule has 1 aliphatic heterocycles. The van der Waals surface area contributed by atoms with E-state index in [0.29, 0.717) is 29.5 Å². The largest absolute Gasteiger partial charge is 0.348 e. The molecule has 1 aliphatic rings. The fourth-order valence-electron chi connectivity index (χ4n) is 3.47. The standard InChI is InChI=1S/C19H26N4O3S/c1-13-8-14(2)10-17(9-13)27(25,26)23-7-6-22-12-16(11-18(24)21(4)5)20-19(22)15(23)3/h8-10,12,15H,6-7,11H2,1-5H3/t15-/m0/s1. The van der Waals surface area contributed by atoms with Crippen molar-refractivity contribution in [3.63, 3.8) is 0 Å². The molecule has 2 aromatic rings. The van der Waals surface area contributed by atoms with Crippen LogP contribution in [0.3, 0.4) is 0 Å². The summed E-state index contributed by atoms with van der Waals surface area (Å²) in [7, 11) is -0.206. The van der Waals surface area contributed by atoms with Gasteiger partial charge in [0.05, 0.1) is 23.1 Å². The minimum atomic E-state index is -3.62. The summed E-state index contributed by atoms with van der Waals surface area (Å²) in [4.78, 5) is 18.3. The van der Waals surface area contributed by atoms with Gasteiger partial charge in [-0.05, 0) is 44.0 Å². The molecule has 2 heterocycles. The Hall–Kier alpha value is -2.19. The highest BCUT2D eigenvalue weighted by Gasteiger charge is 2.35. The molecule has 146 valence electrons. The second kappa shape index (κ2) is 7.09. The Labute approximate surface area is 160 Å². The Bertz CT molecular complexity index is 959. The molecule has 0 aliphatic carbocycles. The molecule has 0 bridgehead atoms. The summed E-state index contributed by atoms with van der Waals surface area (Å²) >= 11 is 0. The van der Waals surface area contributed by atoms with Crippen molar-refractivity contribution in [1.29, 1.82) is 0 Å². The SMILES string of the molecule is Cc1cc(C)cc(S(=O)(=O)N2CCn3cc(CC(=O)N(C)C)nc3[C@@H]2C)c1. The van der Waals surface area contributed by atoms with E-state index in [9.17, 15) is 13.2 Å². The zero-order chi connectivity index (χ0) is 19.9. The molecule has 0 fully saturated rings. The van der Waals surface area contributed by atoms with Gasteiger partial charge in [0, 0.05) is 33.4 Å². The number of carbonyl (C=O) groups excluding carboxylic acids is 1. The minimum absolute atomic E-state index is 0.0298. The number of imidazole rings is 1. The number of aryl methyl sites for hydroxylation is 2. The van der Waals surface area contributed by atoms with Crippen LogP contribution in [0.2, 0.25) is 0 Å². The summed E-state index contributed by atoms with van der Waals surface area (Å²) in [6, 6.07) is 4.97. The first-order valence-electron chi connectivity index (χ1n) is 8.96. The molecule has 0 saturated carbocycles. The number of nitrogens with zero attached hydrogens (tertiary/aromatic N) is 4. The zero-order valence-electron chi connectivity index (χ0n) is 16.4. The Morgan fingerprint density at radius 2 is 1.81 bits per heavy atom. The average molecular weight is 391 g/mol. The highest BCUT2D eigenvalue weighted by atomic mass is 32.2. The number of benzene rings is 1. The van der Waals surface area contributed by atoms with Gasteiger partial charge in [0.1, 0.15) is 5.82 Å². The van der Waals surface area contributed by atoms with Crippen molar-refractivity contribution in [2.45, 2.75) is 44.7 Å². The number of aromatic nitrogens is 2. The molecular weight excluding hydrogens is 364 g/mol. The van der Waals surface area contributed by atoms with Gasteiger partial charge in [0.25, 0.3) is 0 Å². The molecule has 1 aromatic heterocycles. The van der Waals surface area contributed by atoms with E-state index in [2.05, 4.69) is 4.98 Å². The van der Waals surface area contributed by atoms with Gasteiger partial charge < -0.3 is 9.47 Å². The fourth-order valence-corrected chi connectivity index (χ4v) is 5.24. The van der Waals surface area contributed by atoms with Gasteiger partial charge in [-0.25, -0.2) is 13.4 Å². The minimum Gasteiger partial charge on any atom is -0.348 e. The number of hydrogen-bond acceptors (Lipinski definition) is 4. The third-order valence-electron chi connectivity index (χ3n) is 4.86. The van der Waals surface area contributed by atoms with E-state index < -0.39 is 16.1 Å². The van der Waals surface area contributed by atoms with E-state index >= 15 is 0 Å². The maximum Gasteiger partial charge on any atom is 0.243 e. The van der Waals surface area contributed by atoms with Crippen LogP contribution >= 0.6 is 0 Å². The summed E-state index contributed by atoms with van der Waals surface area (Å²) in [5.41, 5.74) is 2.51. The summed E-state index contributed by atoms with van der Waals surface area (Å²) in [5.74, 6) is 0.647. The first-order valence-corrected chi connectivity index (χ1v) is 10.4. The number of amides is 1. The maximum atomic E-state index is 13.2. The Morgan fingerprint density at radius 1 is 1.19 bits per heavy atom. The molecule has 0 saturated heterocycles. The Morgan fingerprint density at radius 3 is 2.41 bits per heavy atom. The van der Waals surface area contributed by atoms with Gasteiger partial charge in [-0.2, -0.15) is 4.31 Å². The van der Waals surface area contributed by atoms with Crippen LogP contribution in [0.5, 0.6) is 0 Å². The van der Waals surface area contributed by atoms with Crippen LogP contribution in [-0.2, 0) is 27.8 Å². The zero-order valence-corrected chi connectivity index (χ0v) is 17.2. The monoisotopic (exact) mass is 390 g/mol. The summed E-state index contributed by atoms with van der Waals surface area (Å²) in [5, 5.41) is 0. The molecule has 1 atom stereocenters. The van der Waals surface area contributed by atoms with Gasteiger partial charge in [-0.15, -0.1) is 0 Å². The first-order chi connectivity index (χ1) is 12.6. The lowest BCUT2D eigenvalue weighted by molar-refractivity contribution is -0.128. The van der Waals surface area contributed by atoms with E-state index in [1.54, 1.807) is 26.2 Å². The van der Waals surface area contributed by atoms with Crippen LogP contribution in [-0.4, -0.2) is 53.7 Å². The number of hydrogen-bond donors (Lipinski definition) is 0. The van der Waals surface area contributed by atoms with Crippen molar-refractivity contribution in [1.82, 2.24) is 18.8 Å². The quantitative estimate of drug-likeness (QED) is 0.799. The molecule has 1 aromatic carbocycles. The number of carbonyl (C=O) groups is 1. The van der Waals surface area contributed by atoms with Crippen LogP contribution in [0.1, 0.15) is 35.6 Å². The van der Waals surface area contributed by atoms with E-state index in [4.69, 9.17) is 0 Å². The second-order valence-electron chi connectivity index (χ2n) is 7.36. The molecule has 0 unspecified atom stereocenters. The van der Waals surface area contributed by atoms with E-state index in [-0.39, 0.29) is 12.3 Å². The molecule has 8 heteroatoms. The van der Waals surface area contributed by atoms with E-state index in [1.165, 1.54) is 9.21 Å². The summed E-state index contributed by atoms with van der Waals surface area (Å²) < 4.78 is 29.9. The number of fused-ring (bicyclic) bond motifs is 1. The Balaban J connectivity index is 1.91. The van der Waals surface area contributed by atoms with Crippen molar-refractivity contribution in [2.24, 2.45) is 0 Å². The van der Waals surface area contributed by atoms with Gasteiger partial charge in [-0.3, -0.25) is 4.79 Å². The van der Waals surface area contributed by atoms with Crippen LogP contribution in [0.25, 0.3) is 0 Å². The molecule has 0 radical (unpaired) electrons. The van der Waals surface area contributed by atoms with Gasteiger partial charge in [0.15, 0.2) is 0 Å². The van der Waals surface area contributed by atoms with Gasteiger partial charge >= 0.3 is 0 Å². The highest BCUT2D eigenvalue weighted by molar-refractivity contribution is 7.89. The van der Waals surface area contributed by atoms with Gasteiger partial charge in [0.2, 0.25) is 15.9 Å². The van der Waals surface area contributed by atoms with Crippen LogP contribution in [0.15, 0.2) is 29.3 Å².